The second-order valence-electron chi connectivity index (χ2n) is 4.42. The third-order valence-corrected chi connectivity index (χ3v) is 4.40. The molecule has 0 fully saturated rings. The van der Waals surface area contributed by atoms with Gasteiger partial charge >= 0.3 is 0 Å². The Morgan fingerprint density at radius 2 is 2.32 bits per heavy atom. The number of carbonyl (C=O) groups excluding carboxylic acids is 1. The number of nitrogens with zero attached hydrogens (tertiary/aromatic N) is 1. The van der Waals surface area contributed by atoms with Gasteiger partial charge in [0, 0.05) is 23.9 Å². The van der Waals surface area contributed by atoms with Crippen molar-refractivity contribution in [3.63, 3.8) is 0 Å². The van der Waals surface area contributed by atoms with E-state index in [0.717, 1.165) is 40.8 Å². The summed E-state index contributed by atoms with van der Waals surface area (Å²) in [5.41, 5.74) is 1.00. The van der Waals surface area contributed by atoms with Crippen LogP contribution in [0.3, 0.4) is 0 Å². The normalized spacial score (nSPS) is 10.8. The van der Waals surface area contributed by atoms with Gasteiger partial charge in [-0.3, -0.25) is 4.79 Å². The molecule has 0 bridgehead atoms. The molecule has 3 nitrogen and oxygen atoms in total. The second kappa shape index (κ2) is 7.01. The molecule has 1 aromatic carbocycles. The van der Waals surface area contributed by atoms with Gasteiger partial charge in [-0.05, 0) is 24.6 Å². The summed E-state index contributed by atoms with van der Waals surface area (Å²) < 4.78 is 2.21. The molecule has 0 radical (unpaired) electrons. The van der Waals surface area contributed by atoms with Gasteiger partial charge in [0.25, 0.3) is 0 Å². The van der Waals surface area contributed by atoms with Gasteiger partial charge in [-0.1, -0.05) is 29.3 Å². The van der Waals surface area contributed by atoms with Gasteiger partial charge in [0.2, 0.25) is 5.91 Å². The summed E-state index contributed by atoms with van der Waals surface area (Å²) in [6, 6.07) is 6.08. The highest BCUT2D eigenvalue weighted by molar-refractivity contribution is 9.10. The first-order valence-corrected chi connectivity index (χ1v) is 8.11. The molecule has 2 aromatic rings. The lowest BCUT2D eigenvalue weighted by Gasteiger charge is -2.02. The number of hydrogen-bond donors (Lipinski definition) is 1. The summed E-state index contributed by atoms with van der Waals surface area (Å²) in [6.45, 7) is 2.90. The van der Waals surface area contributed by atoms with Crippen molar-refractivity contribution >= 4 is 43.4 Å². The van der Waals surface area contributed by atoms with Crippen molar-refractivity contribution in [1.82, 2.24) is 10.3 Å². The Morgan fingerprint density at radius 3 is 3.11 bits per heavy atom. The number of hydrogen-bond acceptors (Lipinski definition) is 3. The van der Waals surface area contributed by atoms with E-state index in [1.54, 1.807) is 11.3 Å². The van der Waals surface area contributed by atoms with Crippen LogP contribution in [-0.4, -0.2) is 17.4 Å². The van der Waals surface area contributed by atoms with Gasteiger partial charge in [0.15, 0.2) is 0 Å². The first-order valence-electron chi connectivity index (χ1n) is 6.50. The first-order chi connectivity index (χ1) is 9.19. The lowest BCUT2D eigenvalue weighted by Crippen LogP contribution is -2.24. The number of aryl methyl sites for hydroxylation is 1. The van der Waals surface area contributed by atoms with Gasteiger partial charge in [0.05, 0.1) is 15.2 Å². The lowest BCUT2D eigenvalue weighted by molar-refractivity contribution is -0.121. The van der Waals surface area contributed by atoms with Gasteiger partial charge in [0.1, 0.15) is 0 Å². The number of nitrogens with one attached hydrogen (secondary N) is 1. The molecule has 0 unspecified atom stereocenters. The van der Waals surface area contributed by atoms with Crippen LogP contribution in [0.2, 0.25) is 0 Å². The molecule has 0 saturated carbocycles. The van der Waals surface area contributed by atoms with Crippen molar-refractivity contribution in [2.24, 2.45) is 0 Å². The van der Waals surface area contributed by atoms with E-state index in [9.17, 15) is 4.79 Å². The highest BCUT2D eigenvalue weighted by Crippen LogP contribution is 2.25. The van der Waals surface area contributed by atoms with E-state index in [1.807, 2.05) is 12.1 Å². The van der Waals surface area contributed by atoms with Crippen molar-refractivity contribution in [2.45, 2.75) is 32.6 Å². The van der Waals surface area contributed by atoms with Crippen LogP contribution in [0.15, 0.2) is 22.7 Å². The smallest absolute Gasteiger partial charge is 0.220 e. The quantitative estimate of drug-likeness (QED) is 0.810. The third kappa shape index (κ3) is 4.28. The number of unbranched alkanes of at least 4 members (excludes halogenated alkanes) is 1. The summed E-state index contributed by atoms with van der Waals surface area (Å²) in [7, 11) is 0. The maximum Gasteiger partial charge on any atom is 0.220 e. The zero-order valence-electron chi connectivity index (χ0n) is 10.9. The van der Waals surface area contributed by atoms with Crippen LogP contribution in [0.1, 0.15) is 31.2 Å². The number of carbonyl (C=O) groups is 1. The molecule has 1 heterocycles. The van der Waals surface area contributed by atoms with E-state index in [1.165, 1.54) is 4.70 Å². The van der Waals surface area contributed by atoms with Crippen molar-refractivity contribution in [3.05, 3.63) is 27.7 Å². The summed E-state index contributed by atoms with van der Waals surface area (Å²) in [4.78, 5) is 16.2. The Bertz CT molecular complexity index is 568. The second-order valence-corrected chi connectivity index (χ2v) is 6.45. The summed E-state index contributed by atoms with van der Waals surface area (Å²) in [6.07, 6.45) is 3.38. The molecular weight excluding hydrogens is 324 g/mol. The molecule has 1 aromatic heterocycles. The Labute approximate surface area is 125 Å². The molecule has 0 aliphatic heterocycles. The van der Waals surface area contributed by atoms with Gasteiger partial charge < -0.3 is 5.32 Å². The molecule has 0 aliphatic carbocycles. The largest absolute Gasteiger partial charge is 0.356 e. The van der Waals surface area contributed by atoms with E-state index in [-0.39, 0.29) is 5.91 Å². The van der Waals surface area contributed by atoms with E-state index in [2.05, 4.69) is 39.2 Å². The zero-order chi connectivity index (χ0) is 13.7. The van der Waals surface area contributed by atoms with Crippen molar-refractivity contribution in [3.8, 4) is 0 Å². The maximum absolute atomic E-state index is 11.6. The number of benzene rings is 1. The van der Waals surface area contributed by atoms with Crippen LogP contribution in [0, 0.1) is 0 Å². The molecular formula is C14H17BrN2OS. The highest BCUT2D eigenvalue weighted by Gasteiger charge is 2.07. The average Bonchev–Trinajstić information content (AvgIpc) is 2.78. The molecule has 0 atom stereocenters. The zero-order valence-corrected chi connectivity index (χ0v) is 13.3. The molecule has 5 heteroatoms. The molecule has 0 spiro atoms. The van der Waals surface area contributed by atoms with E-state index in [4.69, 9.17) is 0 Å². The van der Waals surface area contributed by atoms with Gasteiger partial charge in [-0.2, -0.15) is 0 Å². The van der Waals surface area contributed by atoms with Crippen LogP contribution < -0.4 is 5.32 Å². The Hall–Kier alpha value is -0.940. The van der Waals surface area contributed by atoms with Crippen LogP contribution >= 0.6 is 27.3 Å². The first kappa shape index (κ1) is 14.5. The van der Waals surface area contributed by atoms with E-state index in [0.29, 0.717) is 6.42 Å². The third-order valence-electron chi connectivity index (χ3n) is 2.81. The molecule has 102 valence electrons. The van der Waals surface area contributed by atoms with Crippen LogP contribution in [-0.2, 0) is 11.2 Å². The van der Waals surface area contributed by atoms with E-state index >= 15 is 0 Å². The Kier molecular flexibility index (Phi) is 5.34. The number of amides is 1. The number of rotatable bonds is 6. The predicted molar refractivity (Wildman–Crippen MR) is 83.6 cm³/mol. The summed E-state index contributed by atoms with van der Waals surface area (Å²) in [5.74, 6) is 0.119. The molecule has 1 N–H and O–H groups in total. The predicted octanol–water partition coefficient (Wildman–Crippen LogP) is 3.91. The fourth-order valence-electron chi connectivity index (χ4n) is 1.77. The average molecular weight is 341 g/mol. The highest BCUT2D eigenvalue weighted by atomic mass is 79.9. The number of halogens is 1. The molecule has 19 heavy (non-hydrogen) atoms. The van der Waals surface area contributed by atoms with Crippen LogP contribution in [0.4, 0.5) is 0 Å². The Balaban J connectivity index is 1.89. The Morgan fingerprint density at radius 1 is 1.47 bits per heavy atom. The fraction of sp³-hybridized carbons (Fsp3) is 0.429. The SMILES string of the molecule is CCCCNC(=O)CCc1nc2cc(Br)ccc2s1. The number of fused-ring (bicyclic) bond motifs is 1. The lowest BCUT2D eigenvalue weighted by atomic mass is 10.3. The topological polar surface area (TPSA) is 42.0 Å². The standard InChI is InChI=1S/C14H17BrN2OS/c1-2-3-8-16-13(18)6-7-14-17-11-9-10(15)4-5-12(11)19-14/h4-5,9H,2-3,6-8H2,1H3,(H,16,18). The minimum atomic E-state index is 0.119. The minimum absolute atomic E-state index is 0.119. The molecule has 0 saturated heterocycles. The minimum Gasteiger partial charge on any atom is -0.356 e. The number of thiazole rings is 1. The van der Waals surface area contributed by atoms with Gasteiger partial charge in [-0.15, -0.1) is 11.3 Å². The van der Waals surface area contributed by atoms with E-state index < -0.39 is 0 Å². The number of aromatic nitrogens is 1. The molecule has 1 amide bonds. The van der Waals surface area contributed by atoms with Crippen LogP contribution in [0.25, 0.3) is 10.2 Å². The van der Waals surface area contributed by atoms with Crippen molar-refractivity contribution < 1.29 is 4.79 Å². The van der Waals surface area contributed by atoms with Crippen molar-refractivity contribution in [1.29, 1.82) is 0 Å². The summed E-state index contributed by atoms with van der Waals surface area (Å²) >= 11 is 5.10. The maximum atomic E-state index is 11.6. The van der Waals surface area contributed by atoms with Crippen LogP contribution in [0.5, 0.6) is 0 Å². The molecule has 0 aliphatic rings. The monoisotopic (exact) mass is 340 g/mol. The summed E-state index contributed by atoms with van der Waals surface area (Å²) in [5, 5.41) is 3.95. The van der Waals surface area contributed by atoms with Crippen molar-refractivity contribution in [2.75, 3.05) is 6.54 Å². The van der Waals surface area contributed by atoms with Gasteiger partial charge in [-0.25, -0.2) is 4.98 Å². The molecule has 2 rings (SSSR count). The fourth-order valence-corrected chi connectivity index (χ4v) is 3.06.